The Kier molecular flexibility index (Phi) is 2.80. The second-order valence-electron chi connectivity index (χ2n) is 4.85. The van der Waals surface area contributed by atoms with Gasteiger partial charge in [0.2, 0.25) is 0 Å². The van der Waals surface area contributed by atoms with Gasteiger partial charge < -0.3 is 15.2 Å². The average Bonchev–Trinajstić information content (AvgIpc) is 2.86. The van der Waals surface area contributed by atoms with Crippen molar-refractivity contribution in [3.63, 3.8) is 0 Å². The summed E-state index contributed by atoms with van der Waals surface area (Å²) in [6.07, 6.45) is 1.88. The number of rotatable bonds is 1. The predicted octanol–water partition coefficient (Wildman–Crippen LogP) is 1.60. The molecule has 1 aliphatic heterocycles. The van der Waals surface area contributed by atoms with E-state index in [0.717, 1.165) is 36.1 Å². The van der Waals surface area contributed by atoms with E-state index in [4.69, 9.17) is 0 Å². The number of amides is 1. The number of aromatic nitrogens is 1. The van der Waals surface area contributed by atoms with E-state index < -0.39 is 0 Å². The Morgan fingerprint density at radius 2 is 2.28 bits per heavy atom. The molecule has 4 nitrogen and oxygen atoms in total. The summed E-state index contributed by atoms with van der Waals surface area (Å²) >= 11 is 0. The Morgan fingerprint density at radius 3 is 3.11 bits per heavy atom. The second-order valence-corrected chi connectivity index (χ2v) is 4.85. The van der Waals surface area contributed by atoms with Crippen LogP contribution >= 0.6 is 0 Å². The van der Waals surface area contributed by atoms with E-state index in [1.807, 2.05) is 35.4 Å². The second kappa shape index (κ2) is 4.46. The third kappa shape index (κ3) is 1.88. The van der Waals surface area contributed by atoms with Gasteiger partial charge in [0.1, 0.15) is 0 Å². The van der Waals surface area contributed by atoms with Crippen LogP contribution in [0.4, 0.5) is 0 Å². The first-order chi connectivity index (χ1) is 8.75. The minimum Gasteiger partial charge on any atom is -0.361 e. The SMILES string of the molecule is C[C@@H]1CN(C(=O)c2cccc3[nH]ccc23)CCN1. The average molecular weight is 243 g/mol. The van der Waals surface area contributed by atoms with Gasteiger partial charge in [-0.2, -0.15) is 0 Å². The van der Waals surface area contributed by atoms with E-state index in [9.17, 15) is 4.79 Å². The molecular weight excluding hydrogens is 226 g/mol. The van der Waals surface area contributed by atoms with Crippen LogP contribution in [0.2, 0.25) is 0 Å². The van der Waals surface area contributed by atoms with Gasteiger partial charge in [0.25, 0.3) is 5.91 Å². The number of aromatic amines is 1. The Labute approximate surface area is 106 Å². The van der Waals surface area contributed by atoms with Crippen molar-refractivity contribution in [2.24, 2.45) is 0 Å². The number of hydrogen-bond donors (Lipinski definition) is 2. The Balaban J connectivity index is 1.94. The summed E-state index contributed by atoms with van der Waals surface area (Å²) in [5.41, 5.74) is 1.81. The van der Waals surface area contributed by atoms with Crippen molar-refractivity contribution in [2.45, 2.75) is 13.0 Å². The standard InChI is InChI=1S/C14H17N3O/c1-10-9-17(8-7-15-10)14(18)12-3-2-4-13-11(12)5-6-16-13/h2-6,10,15-16H,7-9H2,1H3/t10-/m1/s1. The molecule has 0 unspecified atom stereocenters. The van der Waals surface area contributed by atoms with Crippen LogP contribution in [-0.2, 0) is 0 Å². The van der Waals surface area contributed by atoms with Gasteiger partial charge in [-0.1, -0.05) is 6.07 Å². The summed E-state index contributed by atoms with van der Waals surface area (Å²) in [4.78, 5) is 17.6. The largest absolute Gasteiger partial charge is 0.361 e. The summed E-state index contributed by atoms with van der Waals surface area (Å²) in [5, 5.41) is 4.36. The van der Waals surface area contributed by atoms with Crippen LogP contribution < -0.4 is 5.32 Å². The molecule has 2 heterocycles. The molecule has 2 aromatic rings. The number of carbonyl (C=O) groups is 1. The van der Waals surface area contributed by atoms with E-state index in [-0.39, 0.29) is 5.91 Å². The first-order valence-corrected chi connectivity index (χ1v) is 6.34. The molecule has 0 radical (unpaired) electrons. The van der Waals surface area contributed by atoms with Gasteiger partial charge in [0.15, 0.2) is 0 Å². The van der Waals surface area contributed by atoms with Gasteiger partial charge >= 0.3 is 0 Å². The number of nitrogens with zero attached hydrogens (tertiary/aromatic N) is 1. The highest BCUT2D eigenvalue weighted by atomic mass is 16.2. The molecule has 0 spiro atoms. The van der Waals surface area contributed by atoms with Gasteiger partial charge in [-0.3, -0.25) is 4.79 Å². The monoisotopic (exact) mass is 243 g/mol. The maximum Gasteiger partial charge on any atom is 0.254 e. The quantitative estimate of drug-likeness (QED) is 0.799. The van der Waals surface area contributed by atoms with Crippen LogP contribution in [-0.4, -0.2) is 41.5 Å². The zero-order valence-electron chi connectivity index (χ0n) is 10.4. The molecule has 0 saturated carbocycles. The molecule has 1 saturated heterocycles. The fourth-order valence-electron chi connectivity index (χ4n) is 2.56. The lowest BCUT2D eigenvalue weighted by Crippen LogP contribution is -2.51. The summed E-state index contributed by atoms with van der Waals surface area (Å²) in [6, 6.07) is 8.16. The highest BCUT2D eigenvalue weighted by molar-refractivity contribution is 6.06. The Hall–Kier alpha value is -1.81. The predicted molar refractivity (Wildman–Crippen MR) is 71.7 cm³/mol. The first kappa shape index (κ1) is 11.3. The van der Waals surface area contributed by atoms with Crippen molar-refractivity contribution in [2.75, 3.05) is 19.6 Å². The molecule has 3 rings (SSSR count). The van der Waals surface area contributed by atoms with Crippen molar-refractivity contribution >= 4 is 16.8 Å². The minimum atomic E-state index is 0.133. The summed E-state index contributed by atoms with van der Waals surface area (Å²) in [7, 11) is 0. The van der Waals surface area contributed by atoms with Crippen LogP contribution in [0.15, 0.2) is 30.5 Å². The van der Waals surface area contributed by atoms with Crippen molar-refractivity contribution < 1.29 is 4.79 Å². The van der Waals surface area contributed by atoms with Gasteiger partial charge in [0.05, 0.1) is 0 Å². The lowest BCUT2D eigenvalue weighted by molar-refractivity contribution is 0.0711. The number of benzene rings is 1. The number of carbonyl (C=O) groups excluding carboxylic acids is 1. The Bertz CT molecular complexity index is 575. The van der Waals surface area contributed by atoms with E-state index in [0.29, 0.717) is 6.04 Å². The lowest BCUT2D eigenvalue weighted by atomic mass is 10.1. The molecular formula is C14H17N3O. The van der Waals surface area contributed by atoms with Crippen molar-refractivity contribution in [1.29, 1.82) is 0 Å². The smallest absolute Gasteiger partial charge is 0.254 e. The number of H-pyrrole nitrogens is 1. The fourth-order valence-corrected chi connectivity index (χ4v) is 2.56. The summed E-state index contributed by atoms with van der Waals surface area (Å²) in [5.74, 6) is 0.133. The van der Waals surface area contributed by atoms with Gasteiger partial charge in [-0.15, -0.1) is 0 Å². The van der Waals surface area contributed by atoms with Crippen molar-refractivity contribution in [3.8, 4) is 0 Å². The lowest BCUT2D eigenvalue weighted by Gasteiger charge is -2.32. The fraction of sp³-hybridized carbons (Fsp3) is 0.357. The zero-order valence-corrected chi connectivity index (χ0v) is 10.4. The van der Waals surface area contributed by atoms with Gasteiger partial charge in [-0.05, 0) is 25.1 Å². The molecule has 1 aromatic carbocycles. The zero-order chi connectivity index (χ0) is 12.5. The number of nitrogens with one attached hydrogen (secondary N) is 2. The Morgan fingerprint density at radius 1 is 1.39 bits per heavy atom. The maximum atomic E-state index is 12.5. The van der Waals surface area contributed by atoms with E-state index in [1.165, 1.54) is 0 Å². The van der Waals surface area contributed by atoms with Gasteiger partial charge in [-0.25, -0.2) is 0 Å². The van der Waals surface area contributed by atoms with Crippen LogP contribution in [0.5, 0.6) is 0 Å². The highest BCUT2D eigenvalue weighted by Gasteiger charge is 2.22. The molecule has 0 bridgehead atoms. The van der Waals surface area contributed by atoms with E-state index in [2.05, 4.69) is 17.2 Å². The van der Waals surface area contributed by atoms with Crippen LogP contribution in [0, 0.1) is 0 Å². The van der Waals surface area contributed by atoms with Crippen molar-refractivity contribution in [1.82, 2.24) is 15.2 Å². The third-order valence-electron chi connectivity index (χ3n) is 3.48. The molecule has 1 amide bonds. The number of hydrogen-bond acceptors (Lipinski definition) is 2. The van der Waals surface area contributed by atoms with Crippen molar-refractivity contribution in [3.05, 3.63) is 36.0 Å². The molecule has 1 aliphatic rings. The molecule has 2 N–H and O–H groups in total. The molecule has 1 fully saturated rings. The molecule has 1 aromatic heterocycles. The normalized spacial score (nSPS) is 20.3. The molecule has 1 atom stereocenters. The summed E-state index contributed by atoms with van der Waals surface area (Å²) in [6.45, 7) is 4.54. The number of piperazine rings is 1. The van der Waals surface area contributed by atoms with Crippen LogP contribution in [0.1, 0.15) is 17.3 Å². The maximum absolute atomic E-state index is 12.5. The third-order valence-corrected chi connectivity index (χ3v) is 3.48. The van der Waals surface area contributed by atoms with E-state index in [1.54, 1.807) is 0 Å². The van der Waals surface area contributed by atoms with Crippen LogP contribution in [0.25, 0.3) is 10.9 Å². The van der Waals surface area contributed by atoms with Gasteiger partial charge in [0, 0.05) is 48.3 Å². The molecule has 0 aliphatic carbocycles. The molecule has 18 heavy (non-hydrogen) atoms. The topological polar surface area (TPSA) is 48.1 Å². The van der Waals surface area contributed by atoms with Crippen LogP contribution in [0.3, 0.4) is 0 Å². The highest BCUT2D eigenvalue weighted by Crippen LogP contribution is 2.19. The van der Waals surface area contributed by atoms with E-state index >= 15 is 0 Å². The molecule has 94 valence electrons. The minimum absolute atomic E-state index is 0.133. The summed E-state index contributed by atoms with van der Waals surface area (Å²) < 4.78 is 0. The molecule has 4 heteroatoms. The first-order valence-electron chi connectivity index (χ1n) is 6.34. The number of fused-ring (bicyclic) bond motifs is 1.